The summed E-state index contributed by atoms with van der Waals surface area (Å²) in [5.41, 5.74) is -0.505. The molecule has 1 unspecified atom stereocenters. The first-order valence-electron chi connectivity index (χ1n) is 7.82. The summed E-state index contributed by atoms with van der Waals surface area (Å²) in [6, 6.07) is -0.0889. The summed E-state index contributed by atoms with van der Waals surface area (Å²) >= 11 is 0. The van der Waals surface area contributed by atoms with Gasteiger partial charge in [0.15, 0.2) is 5.96 Å². The van der Waals surface area contributed by atoms with Crippen molar-refractivity contribution in [2.24, 2.45) is 10.9 Å². The van der Waals surface area contributed by atoms with Crippen molar-refractivity contribution in [1.29, 1.82) is 0 Å². The van der Waals surface area contributed by atoms with E-state index in [1.807, 2.05) is 41.5 Å². The monoisotopic (exact) mass is 440 g/mol. The molecule has 7 heteroatoms. The zero-order chi connectivity index (χ0) is 17.2. The van der Waals surface area contributed by atoms with Crippen LogP contribution in [0, 0.1) is 5.92 Å². The molecule has 0 aliphatic rings. The number of halogens is 1. The average Bonchev–Trinajstić information content (AvgIpc) is 2.37. The van der Waals surface area contributed by atoms with Crippen LogP contribution in [0.4, 0.5) is 4.79 Å². The highest BCUT2D eigenvalue weighted by atomic mass is 127. The zero-order valence-electron chi connectivity index (χ0n) is 15.2. The van der Waals surface area contributed by atoms with Crippen LogP contribution in [-0.2, 0) is 4.74 Å². The third kappa shape index (κ3) is 13.2. The number of carbonyl (C=O) groups is 1. The first-order chi connectivity index (χ1) is 10.2. The second-order valence-corrected chi connectivity index (χ2v) is 6.39. The van der Waals surface area contributed by atoms with Crippen LogP contribution in [0.3, 0.4) is 0 Å². The molecule has 0 aromatic carbocycles. The lowest BCUT2D eigenvalue weighted by molar-refractivity contribution is 0.0493. The number of ether oxygens (including phenoxy) is 1. The van der Waals surface area contributed by atoms with Crippen LogP contribution in [0.25, 0.3) is 0 Å². The van der Waals surface area contributed by atoms with Gasteiger partial charge in [-0.25, -0.2) is 4.79 Å². The number of nitrogens with one attached hydrogen (secondary N) is 3. The van der Waals surface area contributed by atoms with E-state index in [0.717, 1.165) is 6.54 Å². The predicted molar refractivity (Wildman–Crippen MR) is 108 cm³/mol. The molecule has 0 aromatic heterocycles. The third-order valence-electron chi connectivity index (χ3n) is 2.71. The minimum Gasteiger partial charge on any atom is -0.444 e. The number of amides is 1. The van der Waals surface area contributed by atoms with Gasteiger partial charge in [-0.05, 0) is 33.6 Å². The quantitative estimate of drug-likeness (QED) is 0.246. The predicted octanol–water partition coefficient (Wildman–Crippen LogP) is 2.89. The number of hydrogen-bond donors (Lipinski definition) is 3. The van der Waals surface area contributed by atoms with E-state index >= 15 is 0 Å². The molecule has 136 valence electrons. The fraction of sp³-hybridized carbons (Fsp3) is 0.750. The highest BCUT2D eigenvalue weighted by Crippen LogP contribution is 2.08. The van der Waals surface area contributed by atoms with Crippen molar-refractivity contribution in [2.45, 2.75) is 53.2 Å². The Morgan fingerprint density at radius 2 is 1.91 bits per heavy atom. The van der Waals surface area contributed by atoms with E-state index in [-0.39, 0.29) is 35.9 Å². The molecule has 0 fully saturated rings. The fourth-order valence-electron chi connectivity index (χ4n) is 1.58. The molecule has 0 saturated heterocycles. The van der Waals surface area contributed by atoms with Crippen molar-refractivity contribution >= 4 is 36.0 Å². The lowest BCUT2D eigenvalue weighted by Crippen LogP contribution is -2.44. The van der Waals surface area contributed by atoms with Crippen LogP contribution in [0.2, 0.25) is 0 Å². The van der Waals surface area contributed by atoms with Crippen molar-refractivity contribution in [3.63, 3.8) is 0 Å². The van der Waals surface area contributed by atoms with E-state index in [1.54, 1.807) is 6.08 Å². The maximum atomic E-state index is 11.9. The maximum Gasteiger partial charge on any atom is 0.407 e. The SMILES string of the molecule is C=CCNC(=NCC(NC(=O)OC(C)(C)C)C(C)C)NCC.I. The van der Waals surface area contributed by atoms with Gasteiger partial charge in [-0.1, -0.05) is 19.9 Å². The summed E-state index contributed by atoms with van der Waals surface area (Å²) in [5.74, 6) is 0.956. The van der Waals surface area contributed by atoms with Crippen LogP contribution < -0.4 is 16.0 Å². The van der Waals surface area contributed by atoms with E-state index in [2.05, 4.69) is 27.5 Å². The zero-order valence-corrected chi connectivity index (χ0v) is 17.6. The number of carbonyl (C=O) groups excluding carboxylic acids is 1. The van der Waals surface area contributed by atoms with Crippen molar-refractivity contribution in [1.82, 2.24) is 16.0 Å². The Bertz CT molecular complexity index is 379. The molecule has 0 radical (unpaired) electrons. The molecular weight excluding hydrogens is 407 g/mol. The summed E-state index contributed by atoms with van der Waals surface area (Å²) in [7, 11) is 0. The lowest BCUT2D eigenvalue weighted by atomic mass is 10.1. The summed E-state index contributed by atoms with van der Waals surface area (Å²) in [6.45, 7) is 17.2. The Balaban J connectivity index is 0. The van der Waals surface area contributed by atoms with Crippen molar-refractivity contribution < 1.29 is 9.53 Å². The minimum atomic E-state index is -0.505. The normalized spacial score (nSPS) is 12.9. The Labute approximate surface area is 157 Å². The van der Waals surface area contributed by atoms with Crippen molar-refractivity contribution in [2.75, 3.05) is 19.6 Å². The Morgan fingerprint density at radius 3 is 2.35 bits per heavy atom. The van der Waals surface area contributed by atoms with E-state index in [4.69, 9.17) is 4.74 Å². The largest absolute Gasteiger partial charge is 0.444 e. The molecule has 23 heavy (non-hydrogen) atoms. The summed E-state index contributed by atoms with van der Waals surface area (Å²) in [5, 5.41) is 9.17. The molecule has 6 nitrogen and oxygen atoms in total. The second kappa shape index (κ2) is 12.4. The van der Waals surface area contributed by atoms with Gasteiger partial charge >= 0.3 is 6.09 Å². The number of nitrogens with zero attached hydrogens (tertiary/aromatic N) is 1. The van der Waals surface area contributed by atoms with Gasteiger partial charge in [-0.3, -0.25) is 4.99 Å². The highest BCUT2D eigenvalue weighted by molar-refractivity contribution is 14.0. The van der Waals surface area contributed by atoms with Gasteiger partial charge in [-0.15, -0.1) is 30.6 Å². The molecule has 0 spiro atoms. The fourth-order valence-corrected chi connectivity index (χ4v) is 1.58. The first kappa shape index (κ1) is 24.3. The Kier molecular flexibility index (Phi) is 13.1. The Morgan fingerprint density at radius 1 is 1.30 bits per heavy atom. The molecule has 0 aliphatic carbocycles. The Hall–Kier alpha value is -0.990. The molecule has 3 N–H and O–H groups in total. The molecule has 1 amide bonds. The first-order valence-corrected chi connectivity index (χ1v) is 7.82. The average molecular weight is 440 g/mol. The highest BCUT2D eigenvalue weighted by Gasteiger charge is 2.21. The van der Waals surface area contributed by atoms with Crippen molar-refractivity contribution in [3.8, 4) is 0 Å². The molecule has 0 aliphatic heterocycles. The molecule has 0 heterocycles. The number of rotatable bonds is 7. The van der Waals surface area contributed by atoms with Gasteiger partial charge in [0.05, 0.1) is 12.6 Å². The van der Waals surface area contributed by atoms with Gasteiger partial charge < -0.3 is 20.7 Å². The summed E-state index contributed by atoms with van der Waals surface area (Å²) < 4.78 is 5.29. The molecule has 0 saturated carbocycles. The molecule has 0 bridgehead atoms. The standard InChI is InChI=1S/C16H32N4O2.HI/c1-8-10-18-14(17-9-2)19-11-13(12(3)4)20-15(21)22-16(5,6)7;/h8,12-13H,1,9-11H2,2-7H3,(H,20,21)(H2,17,18,19);1H. The van der Waals surface area contributed by atoms with Gasteiger partial charge in [0.2, 0.25) is 0 Å². The maximum absolute atomic E-state index is 11.9. The topological polar surface area (TPSA) is 74.8 Å². The minimum absolute atomic E-state index is 0. The molecular formula is C16H33IN4O2. The summed E-state index contributed by atoms with van der Waals surface area (Å²) in [6.07, 6.45) is 1.36. The van der Waals surface area contributed by atoms with Crippen molar-refractivity contribution in [3.05, 3.63) is 12.7 Å². The molecule has 0 rings (SSSR count). The van der Waals surface area contributed by atoms with Crippen LogP contribution in [-0.4, -0.2) is 43.3 Å². The summed E-state index contributed by atoms with van der Waals surface area (Å²) in [4.78, 5) is 16.4. The van der Waals surface area contributed by atoms with E-state index in [9.17, 15) is 4.79 Å². The van der Waals surface area contributed by atoms with Crippen LogP contribution in [0.5, 0.6) is 0 Å². The molecule has 0 aromatic rings. The van der Waals surface area contributed by atoms with Gasteiger partial charge in [0.1, 0.15) is 5.60 Å². The second-order valence-electron chi connectivity index (χ2n) is 6.39. The number of aliphatic imine (C=N–C) groups is 1. The number of guanidine groups is 1. The van der Waals surface area contributed by atoms with E-state index < -0.39 is 11.7 Å². The third-order valence-corrected chi connectivity index (χ3v) is 2.71. The molecule has 1 atom stereocenters. The smallest absolute Gasteiger partial charge is 0.407 e. The van der Waals surface area contributed by atoms with E-state index in [1.165, 1.54) is 0 Å². The van der Waals surface area contributed by atoms with Gasteiger partial charge in [-0.2, -0.15) is 0 Å². The number of hydrogen-bond acceptors (Lipinski definition) is 3. The number of alkyl carbamates (subject to hydrolysis) is 1. The van der Waals surface area contributed by atoms with Crippen LogP contribution in [0.1, 0.15) is 41.5 Å². The van der Waals surface area contributed by atoms with Gasteiger partial charge in [0, 0.05) is 13.1 Å². The van der Waals surface area contributed by atoms with Crippen LogP contribution >= 0.6 is 24.0 Å². The van der Waals surface area contributed by atoms with E-state index in [0.29, 0.717) is 19.0 Å². The lowest BCUT2D eigenvalue weighted by Gasteiger charge is -2.25. The van der Waals surface area contributed by atoms with Crippen LogP contribution in [0.15, 0.2) is 17.6 Å². The van der Waals surface area contributed by atoms with Gasteiger partial charge in [0.25, 0.3) is 0 Å².